The first kappa shape index (κ1) is 17.2. The molecule has 0 bridgehead atoms. The smallest absolute Gasteiger partial charge is 0.335 e. The zero-order valence-electron chi connectivity index (χ0n) is 14.2. The number of ether oxygens (including phenoxy) is 2. The molecule has 1 fully saturated rings. The minimum absolute atomic E-state index is 0.145. The Labute approximate surface area is 149 Å². The van der Waals surface area contributed by atoms with Gasteiger partial charge in [-0.15, -0.1) is 0 Å². The van der Waals surface area contributed by atoms with Gasteiger partial charge in [-0.1, -0.05) is 12.1 Å². The summed E-state index contributed by atoms with van der Waals surface area (Å²) in [5, 5.41) is 2.18. The summed E-state index contributed by atoms with van der Waals surface area (Å²) in [7, 11) is 3.04. The minimum Gasteiger partial charge on any atom is -0.497 e. The largest absolute Gasteiger partial charge is 0.497 e. The Kier molecular flexibility index (Phi) is 4.70. The van der Waals surface area contributed by atoms with E-state index in [-0.39, 0.29) is 5.57 Å². The van der Waals surface area contributed by atoms with E-state index < -0.39 is 17.8 Å². The van der Waals surface area contributed by atoms with Crippen LogP contribution in [0.4, 0.5) is 10.5 Å². The van der Waals surface area contributed by atoms with Gasteiger partial charge >= 0.3 is 6.03 Å². The molecule has 2 aromatic carbocycles. The summed E-state index contributed by atoms with van der Waals surface area (Å²) < 4.78 is 10.2. The summed E-state index contributed by atoms with van der Waals surface area (Å²) in [4.78, 5) is 38.0. The lowest BCUT2D eigenvalue weighted by atomic mass is 10.1. The van der Waals surface area contributed by atoms with Gasteiger partial charge in [0.05, 0.1) is 19.9 Å². The lowest BCUT2D eigenvalue weighted by Crippen LogP contribution is -2.54. The van der Waals surface area contributed by atoms with Gasteiger partial charge < -0.3 is 9.47 Å². The number of anilines is 1. The highest BCUT2D eigenvalue weighted by Gasteiger charge is 2.36. The summed E-state index contributed by atoms with van der Waals surface area (Å²) in [5.41, 5.74) is 0.790. The molecule has 26 heavy (non-hydrogen) atoms. The van der Waals surface area contributed by atoms with E-state index in [1.54, 1.807) is 48.5 Å². The number of barbiturate groups is 1. The molecule has 1 heterocycles. The van der Waals surface area contributed by atoms with E-state index in [4.69, 9.17) is 9.47 Å². The first-order valence-electron chi connectivity index (χ1n) is 7.73. The van der Waals surface area contributed by atoms with Crippen LogP contribution in [-0.4, -0.2) is 32.1 Å². The van der Waals surface area contributed by atoms with Gasteiger partial charge in [-0.25, -0.2) is 9.69 Å². The van der Waals surface area contributed by atoms with Crippen molar-refractivity contribution in [3.05, 3.63) is 59.7 Å². The van der Waals surface area contributed by atoms with Crippen LogP contribution in [0.5, 0.6) is 11.5 Å². The van der Waals surface area contributed by atoms with E-state index in [1.165, 1.54) is 20.3 Å². The van der Waals surface area contributed by atoms with Crippen LogP contribution in [0.1, 0.15) is 5.56 Å². The third-order valence-electron chi connectivity index (χ3n) is 3.84. The molecule has 0 aromatic heterocycles. The molecule has 1 saturated heterocycles. The maximum Gasteiger partial charge on any atom is 0.335 e. The molecule has 0 aliphatic carbocycles. The third kappa shape index (κ3) is 3.27. The highest BCUT2D eigenvalue weighted by atomic mass is 16.5. The molecule has 1 aliphatic heterocycles. The van der Waals surface area contributed by atoms with Crippen LogP contribution in [-0.2, 0) is 9.59 Å². The lowest BCUT2D eigenvalue weighted by Gasteiger charge is -2.26. The Balaban J connectivity index is 1.98. The van der Waals surface area contributed by atoms with Crippen LogP contribution < -0.4 is 19.7 Å². The van der Waals surface area contributed by atoms with Crippen molar-refractivity contribution in [3.8, 4) is 11.5 Å². The lowest BCUT2D eigenvalue weighted by molar-refractivity contribution is -0.122. The molecule has 3 rings (SSSR count). The van der Waals surface area contributed by atoms with Crippen molar-refractivity contribution >= 4 is 29.6 Å². The number of urea groups is 1. The topological polar surface area (TPSA) is 84.9 Å². The van der Waals surface area contributed by atoms with E-state index in [1.807, 2.05) is 0 Å². The second-order valence-corrected chi connectivity index (χ2v) is 5.43. The monoisotopic (exact) mass is 352 g/mol. The van der Waals surface area contributed by atoms with E-state index in [0.29, 0.717) is 22.7 Å². The van der Waals surface area contributed by atoms with Gasteiger partial charge in [0.1, 0.15) is 17.1 Å². The Morgan fingerprint density at radius 2 is 1.62 bits per heavy atom. The molecule has 2 aromatic rings. The number of imide groups is 2. The van der Waals surface area contributed by atoms with Gasteiger partial charge in [0.15, 0.2) is 0 Å². The molecule has 0 radical (unpaired) electrons. The number of benzene rings is 2. The summed E-state index contributed by atoms with van der Waals surface area (Å²) in [6, 6.07) is 12.5. The summed E-state index contributed by atoms with van der Waals surface area (Å²) in [5.74, 6) is -0.271. The maximum absolute atomic E-state index is 12.8. The summed E-state index contributed by atoms with van der Waals surface area (Å²) in [6.07, 6.45) is 1.42. The number of hydrogen-bond donors (Lipinski definition) is 1. The van der Waals surface area contributed by atoms with Gasteiger partial charge in [-0.3, -0.25) is 14.9 Å². The van der Waals surface area contributed by atoms with E-state index in [2.05, 4.69) is 5.32 Å². The Morgan fingerprint density at radius 3 is 2.27 bits per heavy atom. The van der Waals surface area contributed by atoms with Crippen molar-refractivity contribution < 1.29 is 23.9 Å². The molecule has 4 amide bonds. The molecule has 1 aliphatic rings. The van der Waals surface area contributed by atoms with Gasteiger partial charge in [0.2, 0.25) is 0 Å². The first-order valence-corrected chi connectivity index (χ1v) is 7.73. The van der Waals surface area contributed by atoms with E-state index in [0.717, 1.165) is 4.90 Å². The van der Waals surface area contributed by atoms with Crippen LogP contribution in [0.3, 0.4) is 0 Å². The quantitative estimate of drug-likeness (QED) is 0.674. The number of carbonyl (C=O) groups is 3. The zero-order valence-corrected chi connectivity index (χ0v) is 14.2. The van der Waals surface area contributed by atoms with Gasteiger partial charge in [-0.2, -0.15) is 0 Å². The fourth-order valence-electron chi connectivity index (χ4n) is 2.52. The second kappa shape index (κ2) is 7.10. The number of nitrogens with one attached hydrogen (secondary N) is 1. The maximum atomic E-state index is 12.8. The van der Waals surface area contributed by atoms with Crippen molar-refractivity contribution in [2.24, 2.45) is 0 Å². The summed E-state index contributed by atoms with van der Waals surface area (Å²) >= 11 is 0. The van der Waals surface area contributed by atoms with E-state index >= 15 is 0 Å². The predicted molar refractivity (Wildman–Crippen MR) is 95.0 cm³/mol. The standard InChI is InChI=1S/C19H16N2O5/c1-25-14-8-6-13(7-9-14)21-18(23)16(17(22)20-19(21)24)11-12-4-3-5-15(10-12)26-2/h3-11H,1-2H3,(H,20,22,24). The van der Waals surface area contributed by atoms with Crippen molar-refractivity contribution in [2.45, 2.75) is 0 Å². The molecule has 0 unspecified atom stereocenters. The first-order chi connectivity index (χ1) is 12.5. The zero-order chi connectivity index (χ0) is 18.7. The predicted octanol–water partition coefficient (Wildman–Crippen LogP) is 2.37. The third-order valence-corrected chi connectivity index (χ3v) is 3.84. The molecular formula is C19H16N2O5. The molecule has 7 nitrogen and oxygen atoms in total. The van der Waals surface area contributed by atoms with Crippen LogP contribution in [0.15, 0.2) is 54.1 Å². The fraction of sp³-hybridized carbons (Fsp3) is 0.105. The second-order valence-electron chi connectivity index (χ2n) is 5.43. The number of hydrogen-bond acceptors (Lipinski definition) is 5. The van der Waals surface area contributed by atoms with Crippen LogP contribution in [0.25, 0.3) is 6.08 Å². The number of carbonyl (C=O) groups excluding carboxylic acids is 3. The molecule has 7 heteroatoms. The molecule has 1 N–H and O–H groups in total. The Bertz CT molecular complexity index is 902. The summed E-state index contributed by atoms with van der Waals surface area (Å²) in [6.45, 7) is 0. The number of nitrogens with zero attached hydrogens (tertiary/aromatic N) is 1. The number of methoxy groups -OCH3 is 2. The van der Waals surface area contributed by atoms with E-state index in [9.17, 15) is 14.4 Å². The van der Waals surface area contributed by atoms with Crippen LogP contribution in [0.2, 0.25) is 0 Å². The average molecular weight is 352 g/mol. The van der Waals surface area contributed by atoms with Gasteiger partial charge in [0, 0.05) is 0 Å². The average Bonchev–Trinajstić information content (AvgIpc) is 2.65. The van der Waals surface area contributed by atoms with Crippen LogP contribution in [0, 0.1) is 0 Å². The number of rotatable bonds is 4. The number of amides is 4. The van der Waals surface area contributed by atoms with Crippen LogP contribution >= 0.6 is 0 Å². The molecule has 0 saturated carbocycles. The minimum atomic E-state index is -0.798. The van der Waals surface area contributed by atoms with Gasteiger partial charge in [-0.05, 0) is 48.0 Å². The van der Waals surface area contributed by atoms with Crippen molar-refractivity contribution in [2.75, 3.05) is 19.1 Å². The van der Waals surface area contributed by atoms with Crippen molar-refractivity contribution in [1.82, 2.24) is 5.32 Å². The molecule has 132 valence electrons. The van der Waals surface area contributed by atoms with Gasteiger partial charge in [0.25, 0.3) is 11.8 Å². The SMILES string of the molecule is COc1ccc(N2C(=O)NC(=O)C(=Cc3cccc(OC)c3)C2=O)cc1. The molecule has 0 atom stereocenters. The Hall–Kier alpha value is -3.61. The highest BCUT2D eigenvalue weighted by Crippen LogP contribution is 2.24. The normalized spacial score (nSPS) is 15.8. The van der Waals surface area contributed by atoms with Crippen molar-refractivity contribution in [1.29, 1.82) is 0 Å². The Morgan fingerprint density at radius 1 is 0.923 bits per heavy atom. The van der Waals surface area contributed by atoms with Crippen molar-refractivity contribution in [3.63, 3.8) is 0 Å². The highest BCUT2D eigenvalue weighted by molar-refractivity contribution is 6.39. The molecular weight excluding hydrogens is 336 g/mol. The fourth-order valence-corrected chi connectivity index (χ4v) is 2.52. The molecule has 0 spiro atoms.